The fourth-order valence-electron chi connectivity index (χ4n) is 3.04. The number of amides is 1. The van der Waals surface area contributed by atoms with Gasteiger partial charge < -0.3 is 5.11 Å². The van der Waals surface area contributed by atoms with Crippen LogP contribution in [0.5, 0.6) is 5.75 Å². The number of sulfonamides is 1. The number of hydrogen-bond donors (Lipinski definition) is 2. The molecule has 3 aromatic carbocycles. The summed E-state index contributed by atoms with van der Waals surface area (Å²) >= 11 is 3.30. The zero-order chi connectivity index (χ0) is 23.8. The molecule has 33 heavy (non-hydrogen) atoms. The number of halogens is 1. The molecule has 0 atom stereocenters. The summed E-state index contributed by atoms with van der Waals surface area (Å²) in [5, 5.41) is 13.7. The number of rotatable bonds is 9. The van der Waals surface area contributed by atoms with E-state index in [1.165, 1.54) is 24.4 Å². The highest BCUT2D eigenvalue weighted by atomic mass is 79.9. The minimum Gasteiger partial charge on any atom is -0.507 e. The first-order valence-corrected chi connectivity index (χ1v) is 12.4. The lowest BCUT2D eigenvalue weighted by atomic mass is 10.1. The van der Waals surface area contributed by atoms with E-state index in [1.54, 1.807) is 24.3 Å². The smallest absolute Gasteiger partial charge is 0.255 e. The number of nitrogens with zero attached hydrogens (tertiary/aromatic N) is 2. The van der Waals surface area contributed by atoms with E-state index in [9.17, 15) is 18.3 Å². The molecular formula is C24H24BrN3O4S. The molecule has 0 fully saturated rings. The van der Waals surface area contributed by atoms with Crippen LogP contribution in [0, 0.1) is 6.92 Å². The number of aromatic hydroxyl groups is 1. The molecule has 0 aromatic heterocycles. The van der Waals surface area contributed by atoms with Crippen molar-refractivity contribution in [3.8, 4) is 5.75 Å². The predicted octanol–water partition coefficient (Wildman–Crippen LogP) is 3.85. The molecule has 0 saturated carbocycles. The van der Waals surface area contributed by atoms with E-state index in [4.69, 9.17) is 0 Å². The molecule has 0 bridgehead atoms. The van der Waals surface area contributed by atoms with Crippen LogP contribution in [0.4, 0.5) is 0 Å². The van der Waals surface area contributed by atoms with Gasteiger partial charge in [-0.3, -0.25) is 4.79 Å². The molecule has 0 aliphatic rings. The van der Waals surface area contributed by atoms with Crippen LogP contribution in [-0.2, 0) is 21.2 Å². The van der Waals surface area contributed by atoms with Gasteiger partial charge in [0.05, 0.1) is 17.7 Å². The maximum Gasteiger partial charge on any atom is 0.255 e. The topological polar surface area (TPSA) is 99.1 Å². The number of nitrogens with one attached hydrogen (secondary N) is 1. The van der Waals surface area contributed by atoms with Gasteiger partial charge >= 0.3 is 0 Å². The van der Waals surface area contributed by atoms with Gasteiger partial charge in [-0.2, -0.15) is 9.41 Å². The number of phenols is 1. The first-order valence-electron chi connectivity index (χ1n) is 10.2. The van der Waals surface area contributed by atoms with Crippen molar-refractivity contribution in [1.29, 1.82) is 0 Å². The Labute approximate surface area is 201 Å². The Bertz CT molecular complexity index is 1230. The lowest BCUT2D eigenvalue weighted by molar-refractivity contribution is -0.121. The Balaban J connectivity index is 1.75. The first-order chi connectivity index (χ1) is 15.8. The third-order valence-corrected chi connectivity index (χ3v) is 7.21. The van der Waals surface area contributed by atoms with E-state index < -0.39 is 22.5 Å². The van der Waals surface area contributed by atoms with E-state index in [1.807, 2.05) is 37.3 Å². The third-order valence-electron chi connectivity index (χ3n) is 4.85. The van der Waals surface area contributed by atoms with Crippen LogP contribution in [0.1, 0.15) is 16.7 Å². The second kappa shape index (κ2) is 11.2. The van der Waals surface area contributed by atoms with Crippen molar-refractivity contribution in [1.82, 2.24) is 9.73 Å². The standard InChI is InChI=1S/C24H24BrN3O4S/c1-18-7-10-22(11-8-18)33(31,32)28(14-13-19-5-3-2-4-6-19)17-24(30)27-26-16-20-15-21(25)9-12-23(20)29/h2-12,15-16,29H,13-14,17H2,1H3,(H,27,30)/b26-16-. The summed E-state index contributed by atoms with van der Waals surface area (Å²) < 4.78 is 28.4. The quantitative estimate of drug-likeness (QED) is 0.324. The van der Waals surface area contributed by atoms with E-state index in [0.717, 1.165) is 19.9 Å². The Morgan fingerprint density at radius 3 is 2.48 bits per heavy atom. The highest BCUT2D eigenvalue weighted by Gasteiger charge is 2.26. The van der Waals surface area contributed by atoms with Gasteiger partial charge in [0.2, 0.25) is 10.0 Å². The van der Waals surface area contributed by atoms with Gasteiger partial charge in [0.1, 0.15) is 5.75 Å². The number of benzene rings is 3. The lowest BCUT2D eigenvalue weighted by Crippen LogP contribution is -2.40. The molecule has 0 saturated heterocycles. The van der Waals surface area contributed by atoms with E-state index in [-0.39, 0.29) is 17.2 Å². The summed E-state index contributed by atoms with van der Waals surface area (Å²) in [5.41, 5.74) is 4.64. The summed E-state index contributed by atoms with van der Waals surface area (Å²) in [5.74, 6) is -0.591. The summed E-state index contributed by atoms with van der Waals surface area (Å²) in [6.07, 6.45) is 1.75. The fourth-order valence-corrected chi connectivity index (χ4v) is 4.82. The summed E-state index contributed by atoms with van der Waals surface area (Å²) in [7, 11) is -3.90. The molecule has 0 spiro atoms. The van der Waals surface area contributed by atoms with Gasteiger partial charge in [0.15, 0.2) is 0 Å². The number of aryl methyl sites for hydroxylation is 1. The summed E-state index contributed by atoms with van der Waals surface area (Å²) in [4.78, 5) is 12.7. The molecule has 0 aliphatic carbocycles. The average Bonchev–Trinajstić information content (AvgIpc) is 2.80. The number of carbonyl (C=O) groups excluding carboxylic acids is 1. The number of hydrogen-bond acceptors (Lipinski definition) is 5. The molecule has 3 rings (SSSR count). The SMILES string of the molecule is Cc1ccc(S(=O)(=O)N(CCc2ccccc2)CC(=O)N/N=C\c2cc(Br)ccc2O)cc1. The second-order valence-electron chi connectivity index (χ2n) is 7.38. The maximum absolute atomic E-state index is 13.2. The molecule has 7 nitrogen and oxygen atoms in total. The molecule has 9 heteroatoms. The van der Waals surface area contributed by atoms with Gasteiger partial charge in [-0.05, 0) is 49.2 Å². The molecule has 1 amide bonds. The first kappa shape index (κ1) is 24.6. The third kappa shape index (κ3) is 6.98. The molecule has 0 heterocycles. The molecule has 0 radical (unpaired) electrons. The van der Waals surface area contributed by atoms with E-state index in [0.29, 0.717) is 12.0 Å². The van der Waals surface area contributed by atoms with Gasteiger partial charge in [0, 0.05) is 16.6 Å². The van der Waals surface area contributed by atoms with Crippen molar-refractivity contribution in [3.05, 3.63) is 94.0 Å². The van der Waals surface area contributed by atoms with Crippen molar-refractivity contribution in [2.75, 3.05) is 13.1 Å². The van der Waals surface area contributed by atoms with E-state index >= 15 is 0 Å². The van der Waals surface area contributed by atoms with Crippen molar-refractivity contribution < 1.29 is 18.3 Å². The highest BCUT2D eigenvalue weighted by Crippen LogP contribution is 2.20. The van der Waals surface area contributed by atoms with Crippen molar-refractivity contribution in [2.45, 2.75) is 18.2 Å². The van der Waals surface area contributed by atoms with Crippen LogP contribution in [0.3, 0.4) is 0 Å². The van der Waals surface area contributed by atoms with Gasteiger partial charge in [-0.25, -0.2) is 13.8 Å². The average molecular weight is 530 g/mol. The van der Waals surface area contributed by atoms with Crippen LogP contribution >= 0.6 is 15.9 Å². The minimum absolute atomic E-state index is 0.00244. The van der Waals surface area contributed by atoms with Crippen LogP contribution in [0.2, 0.25) is 0 Å². The van der Waals surface area contributed by atoms with Crippen LogP contribution in [0.25, 0.3) is 0 Å². The molecule has 172 valence electrons. The summed E-state index contributed by atoms with van der Waals surface area (Å²) in [6, 6.07) is 20.8. The van der Waals surface area contributed by atoms with Crippen LogP contribution in [0.15, 0.2) is 87.3 Å². The molecule has 2 N–H and O–H groups in total. The zero-order valence-electron chi connectivity index (χ0n) is 18.0. The molecular weight excluding hydrogens is 506 g/mol. The van der Waals surface area contributed by atoms with Gasteiger partial charge in [-0.15, -0.1) is 0 Å². The highest BCUT2D eigenvalue weighted by molar-refractivity contribution is 9.10. The number of phenolic OH excluding ortho intramolecular Hbond substituents is 1. The normalized spacial score (nSPS) is 11.7. The monoisotopic (exact) mass is 529 g/mol. The fraction of sp³-hybridized carbons (Fsp3) is 0.167. The van der Waals surface area contributed by atoms with Crippen molar-refractivity contribution in [2.24, 2.45) is 5.10 Å². The molecule has 0 unspecified atom stereocenters. The second-order valence-corrected chi connectivity index (χ2v) is 10.2. The molecule has 0 aliphatic heterocycles. The zero-order valence-corrected chi connectivity index (χ0v) is 20.4. The van der Waals surface area contributed by atoms with Crippen LogP contribution in [-0.4, -0.2) is 43.0 Å². The lowest BCUT2D eigenvalue weighted by Gasteiger charge is -2.21. The maximum atomic E-state index is 13.2. The van der Waals surface area contributed by atoms with Crippen molar-refractivity contribution >= 4 is 38.1 Å². The Hall–Kier alpha value is -3.01. The Morgan fingerprint density at radius 2 is 1.79 bits per heavy atom. The van der Waals surface area contributed by atoms with Crippen molar-refractivity contribution in [3.63, 3.8) is 0 Å². The Morgan fingerprint density at radius 1 is 1.09 bits per heavy atom. The van der Waals surface area contributed by atoms with Gasteiger partial charge in [0.25, 0.3) is 5.91 Å². The number of carbonyl (C=O) groups is 1. The minimum atomic E-state index is -3.90. The largest absolute Gasteiger partial charge is 0.507 e. The van der Waals surface area contributed by atoms with E-state index in [2.05, 4.69) is 26.5 Å². The van der Waals surface area contributed by atoms with Crippen LogP contribution < -0.4 is 5.43 Å². The predicted molar refractivity (Wildman–Crippen MR) is 132 cm³/mol. The van der Waals surface area contributed by atoms with Gasteiger partial charge in [-0.1, -0.05) is 64.0 Å². The Kier molecular flexibility index (Phi) is 8.37. The summed E-state index contributed by atoms with van der Waals surface area (Å²) in [6.45, 7) is 1.60. The molecule has 3 aromatic rings. The number of hydrazone groups is 1.